The van der Waals surface area contributed by atoms with Crippen molar-refractivity contribution in [1.29, 1.82) is 0 Å². The van der Waals surface area contributed by atoms with Gasteiger partial charge in [-0.15, -0.1) is 0 Å². The Bertz CT molecular complexity index is 735. The zero-order valence-corrected chi connectivity index (χ0v) is 22.0. The van der Waals surface area contributed by atoms with E-state index >= 15 is 0 Å². The highest BCUT2D eigenvalue weighted by molar-refractivity contribution is 5.48. The molecule has 0 aromatic rings. The zero-order valence-electron chi connectivity index (χ0n) is 22.0. The van der Waals surface area contributed by atoms with Crippen LogP contribution in [0.1, 0.15) is 111 Å². The molecule has 0 heteroatoms. The number of allylic oxidation sites excluding steroid dienone is 6. The summed E-state index contributed by atoms with van der Waals surface area (Å²) in [5.41, 5.74) is 9.79. The topological polar surface area (TPSA) is 0 Å². The minimum atomic E-state index is 0.0276. The Labute approximate surface area is 177 Å². The van der Waals surface area contributed by atoms with E-state index < -0.39 is 0 Å². The van der Waals surface area contributed by atoms with Crippen molar-refractivity contribution in [1.82, 2.24) is 0 Å². The largest absolute Gasteiger partial charge is 0.0673 e. The summed E-state index contributed by atoms with van der Waals surface area (Å²) in [4.78, 5) is 0. The van der Waals surface area contributed by atoms with Gasteiger partial charge in [0.15, 0.2) is 0 Å². The fourth-order valence-corrected chi connectivity index (χ4v) is 7.56. The molecule has 0 nitrogen and oxygen atoms in total. The van der Waals surface area contributed by atoms with Crippen LogP contribution in [0.2, 0.25) is 0 Å². The Morgan fingerprint density at radius 1 is 0.286 bits per heavy atom. The standard InChI is InChI=1S/C28H48/c1-17-18(2)24(9,10)28(16)22(6)20(4)25(11,12)27(15,23(17,7)8)21(5)19(3)26(28,13)14/h1-16H3/b18-17-,21-19-,22-20+. The van der Waals surface area contributed by atoms with Gasteiger partial charge in [0, 0.05) is 10.8 Å². The van der Waals surface area contributed by atoms with Gasteiger partial charge in [-0.3, -0.25) is 0 Å². The van der Waals surface area contributed by atoms with Gasteiger partial charge in [0.25, 0.3) is 0 Å². The average molecular weight is 385 g/mol. The second-order valence-corrected chi connectivity index (χ2v) is 12.5. The quantitative estimate of drug-likeness (QED) is 0.365. The molecule has 160 valence electrons. The van der Waals surface area contributed by atoms with Crippen LogP contribution < -0.4 is 0 Å². The van der Waals surface area contributed by atoms with Crippen LogP contribution in [-0.4, -0.2) is 0 Å². The first kappa shape index (κ1) is 23.5. The lowest BCUT2D eigenvalue weighted by Gasteiger charge is -2.62. The fraction of sp³-hybridized carbons (Fsp3) is 0.786. The molecule has 0 amide bonds. The van der Waals surface area contributed by atoms with Crippen LogP contribution in [0.5, 0.6) is 0 Å². The number of hydrogen-bond donors (Lipinski definition) is 0. The van der Waals surface area contributed by atoms with E-state index in [1.165, 1.54) is 0 Å². The van der Waals surface area contributed by atoms with Crippen LogP contribution in [0, 0.1) is 32.5 Å². The molecule has 0 fully saturated rings. The minimum Gasteiger partial charge on any atom is -0.0673 e. The van der Waals surface area contributed by atoms with E-state index in [1.807, 2.05) is 0 Å². The zero-order chi connectivity index (χ0) is 22.5. The van der Waals surface area contributed by atoms with Crippen molar-refractivity contribution < 1.29 is 0 Å². The van der Waals surface area contributed by atoms with Crippen LogP contribution in [0.25, 0.3) is 0 Å². The lowest BCUT2D eigenvalue weighted by molar-refractivity contribution is 0.0237. The van der Waals surface area contributed by atoms with Gasteiger partial charge in [0.2, 0.25) is 0 Å². The molecule has 2 unspecified atom stereocenters. The van der Waals surface area contributed by atoms with Crippen molar-refractivity contribution in [2.24, 2.45) is 32.5 Å². The molecular weight excluding hydrogens is 336 g/mol. The summed E-state index contributed by atoms with van der Waals surface area (Å²) in [5.74, 6) is 0. The van der Waals surface area contributed by atoms with Gasteiger partial charge in [0.05, 0.1) is 0 Å². The van der Waals surface area contributed by atoms with E-state index in [0.29, 0.717) is 0 Å². The predicted octanol–water partition coefficient (Wildman–Crippen LogP) is 9.14. The summed E-state index contributed by atoms with van der Waals surface area (Å²) < 4.78 is 0. The highest BCUT2D eigenvalue weighted by Crippen LogP contribution is 2.72. The van der Waals surface area contributed by atoms with Gasteiger partial charge in [-0.1, -0.05) is 103 Å². The summed E-state index contributed by atoms with van der Waals surface area (Å²) in [6.07, 6.45) is 0. The molecule has 0 aliphatic heterocycles. The van der Waals surface area contributed by atoms with Crippen molar-refractivity contribution in [3.05, 3.63) is 33.4 Å². The average Bonchev–Trinajstić information content (AvgIpc) is 2.60. The van der Waals surface area contributed by atoms with Crippen LogP contribution in [-0.2, 0) is 0 Å². The molecule has 3 aliphatic carbocycles. The van der Waals surface area contributed by atoms with E-state index in [2.05, 4.69) is 111 Å². The highest BCUT2D eigenvalue weighted by Gasteiger charge is 2.63. The summed E-state index contributed by atoms with van der Waals surface area (Å²) in [7, 11) is 0. The molecule has 3 aliphatic rings. The first-order chi connectivity index (χ1) is 12.2. The van der Waals surface area contributed by atoms with E-state index in [1.54, 1.807) is 33.4 Å². The molecule has 0 N–H and O–H groups in total. The van der Waals surface area contributed by atoms with Gasteiger partial charge < -0.3 is 0 Å². The van der Waals surface area contributed by atoms with Crippen molar-refractivity contribution in [2.45, 2.75) is 111 Å². The van der Waals surface area contributed by atoms with Gasteiger partial charge in [-0.05, 0) is 63.2 Å². The molecule has 2 bridgehead atoms. The van der Waals surface area contributed by atoms with Gasteiger partial charge in [-0.25, -0.2) is 0 Å². The van der Waals surface area contributed by atoms with Crippen LogP contribution in [0.15, 0.2) is 33.4 Å². The summed E-state index contributed by atoms with van der Waals surface area (Å²) >= 11 is 0. The van der Waals surface area contributed by atoms with Crippen LogP contribution >= 0.6 is 0 Å². The molecule has 0 aromatic carbocycles. The third-order valence-electron chi connectivity index (χ3n) is 11.9. The Morgan fingerprint density at radius 3 is 0.607 bits per heavy atom. The normalized spacial score (nSPS) is 44.6. The number of hydrogen-bond acceptors (Lipinski definition) is 0. The summed E-state index contributed by atoms with van der Waals surface area (Å²) in [6, 6.07) is 0. The van der Waals surface area contributed by atoms with Crippen LogP contribution in [0.3, 0.4) is 0 Å². The Hall–Kier alpha value is -0.780. The molecule has 2 atom stereocenters. The summed E-state index contributed by atoms with van der Waals surface area (Å²) in [6.45, 7) is 39.7. The molecule has 0 heterocycles. The van der Waals surface area contributed by atoms with Gasteiger partial charge in [-0.2, -0.15) is 0 Å². The maximum atomic E-state index is 2.55. The number of fused-ring (bicyclic) bond motifs is 4. The lowest BCUT2D eigenvalue weighted by Crippen LogP contribution is -2.53. The third kappa shape index (κ3) is 2.14. The molecule has 0 aromatic heterocycles. The van der Waals surface area contributed by atoms with E-state index in [9.17, 15) is 0 Å². The lowest BCUT2D eigenvalue weighted by atomic mass is 9.42. The van der Waals surface area contributed by atoms with Crippen molar-refractivity contribution in [3.8, 4) is 0 Å². The first-order valence-corrected chi connectivity index (χ1v) is 11.2. The molecule has 0 saturated heterocycles. The summed E-state index contributed by atoms with van der Waals surface area (Å²) in [5, 5.41) is 0. The predicted molar refractivity (Wildman–Crippen MR) is 126 cm³/mol. The second kappa shape index (κ2) is 5.89. The SMILES string of the molecule is C/C1=C(\C)C(C)(C)C2(C)/C(C)=C(\C)C(C)(C)C(C)(/C(C)=C(/C)C2(C)C)C1(C)C. The molecule has 0 spiro atoms. The number of rotatable bonds is 0. The molecule has 3 rings (SSSR count). The van der Waals surface area contributed by atoms with E-state index in [0.717, 1.165) is 0 Å². The maximum Gasteiger partial charge on any atom is 0.00601 e. The van der Waals surface area contributed by atoms with Crippen LogP contribution in [0.4, 0.5) is 0 Å². The van der Waals surface area contributed by atoms with Crippen molar-refractivity contribution in [2.75, 3.05) is 0 Å². The smallest absolute Gasteiger partial charge is 0.00601 e. The van der Waals surface area contributed by atoms with Crippen molar-refractivity contribution in [3.63, 3.8) is 0 Å². The Morgan fingerprint density at radius 2 is 0.429 bits per heavy atom. The Kier molecular flexibility index (Phi) is 4.94. The molecule has 0 saturated carbocycles. The van der Waals surface area contributed by atoms with E-state index in [-0.39, 0.29) is 32.5 Å². The minimum absolute atomic E-state index is 0.0276. The highest BCUT2D eigenvalue weighted by atomic mass is 14.7. The molecular formula is C28H48. The monoisotopic (exact) mass is 384 g/mol. The van der Waals surface area contributed by atoms with Gasteiger partial charge in [0.1, 0.15) is 0 Å². The molecule has 0 radical (unpaired) electrons. The van der Waals surface area contributed by atoms with Gasteiger partial charge >= 0.3 is 0 Å². The first-order valence-electron chi connectivity index (χ1n) is 11.2. The second-order valence-electron chi connectivity index (χ2n) is 12.5. The maximum absolute atomic E-state index is 2.55. The molecule has 28 heavy (non-hydrogen) atoms. The van der Waals surface area contributed by atoms with Crippen molar-refractivity contribution >= 4 is 0 Å². The van der Waals surface area contributed by atoms with E-state index in [4.69, 9.17) is 0 Å². The third-order valence-corrected chi connectivity index (χ3v) is 11.9. The fourth-order valence-electron chi connectivity index (χ4n) is 7.56. The Balaban J connectivity index is 3.40.